The van der Waals surface area contributed by atoms with E-state index in [0.717, 1.165) is 0 Å². The molecule has 0 saturated carbocycles. The summed E-state index contributed by atoms with van der Waals surface area (Å²) in [5.41, 5.74) is 1.63. The minimum absolute atomic E-state index is 0.192. The van der Waals surface area contributed by atoms with Crippen molar-refractivity contribution in [3.8, 4) is 11.4 Å². The Balaban J connectivity index is 2.04. The second kappa shape index (κ2) is 5.60. The molecule has 3 aromatic rings. The van der Waals surface area contributed by atoms with Crippen LogP contribution in [0.1, 0.15) is 25.3 Å². The smallest absolute Gasteiger partial charge is 0.246 e. The second-order valence-electron chi connectivity index (χ2n) is 5.39. The predicted octanol–water partition coefficient (Wildman–Crippen LogP) is 3.29. The van der Waals surface area contributed by atoms with Crippen LogP contribution >= 0.6 is 0 Å². The fraction of sp³-hybridized carbons (Fsp3) is 0.176. The fourth-order valence-electron chi connectivity index (χ4n) is 2.29. The van der Waals surface area contributed by atoms with Crippen molar-refractivity contribution in [1.82, 2.24) is 14.3 Å². The van der Waals surface area contributed by atoms with Crippen molar-refractivity contribution in [2.24, 2.45) is 0 Å². The summed E-state index contributed by atoms with van der Waals surface area (Å²) in [7, 11) is 0. The molecule has 0 unspecified atom stereocenters. The average molecular weight is 297 g/mol. The van der Waals surface area contributed by atoms with Crippen molar-refractivity contribution in [3.05, 3.63) is 76.7 Å². The van der Waals surface area contributed by atoms with Gasteiger partial charge in [0.25, 0.3) is 0 Å². The molecule has 0 amide bonds. The Kier molecular flexibility index (Phi) is 3.63. The highest BCUT2D eigenvalue weighted by atomic mass is 19.1. The highest BCUT2D eigenvalue weighted by Gasteiger charge is 2.11. The molecule has 0 aliphatic heterocycles. The molecule has 0 fully saturated rings. The lowest BCUT2D eigenvalue weighted by Crippen LogP contribution is -2.23. The van der Waals surface area contributed by atoms with Crippen LogP contribution in [0.4, 0.5) is 4.39 Å². The minimum Gasteiger partial charge on any atom is -0.246 e. The molecule has 0 radical (unpaired) electrons. The van der Waals surface area contributed by atoms with Gasteiger partial charge in [0.2, 0.25) is 0 Å². The van der Waals surface area contributed by atoms with Gasteiger partial charge in [0.05, 0.1) is 11.4 Å². The lowest BCUT2D eigenvalue weighted by atomic mass is 10.0. The van der Waals surface area contributed by atoms with Gasteiger partial charge in [-0.05, 0) is 35.7 Å². The molecule has 0 bridgehead atoms. The van der Waals surface area contributed by atoms with Gasteiger partial charge in [-0.3, -0.25) is 0 Å². The van der Waals surface area contributed by atoms with Crippen LogP contribution in [-0.2, 0) is 0 Å². The van der Waals surface area contributed by atoms with E-state index in [4.69, 9.17) is 0 Å². The van der Waals surface area contributed by atoms with Crippen LogP contribution in [0.5, 0.6) is 0 Å². The summed E-state index contributed by atoms with van der Waals surface area (Å²) >= 11 is 0. The van der Waals surface area contributed by atoms with E-state index in [0.29, 0.717) is 11.6 Å². The number of nitrogens with zero attached hydrogens (tertiary/aromatic N) is 3. The number of hydrogen-bond acceptors (Lipinski definition) is 2. The summed E-state index contributed by atoms with van der Waals surface area (Å²) in [6.07, 6.45) is 1.33. The molecule has 4 nitrogen and oxygen atoms in total. The van der Waals surface area contributed by atoms with Crippen LogP contribution in [-0.4, -0.2) is 14.3 Å². The summed E-state index contributed by atoms with van der Waals surface area (Å²) < 4.78 is 16.3. The number of rotatable bonds is 3. The maximum Gasteiger partial charge on any atom is 0.355 e. The van der Waals surface area contributed by atoms with Gasteiger partial charge in [0, 0.05) is 0 Å². The van der Waals surface area contributed by atoms with Gasteiger partial charge in [-0.25, -0.2) is 13.8 Å². The van der Waals surface area contributed by atoms with E-state index in [-0.39, 0.29) is 5.69 Å². The molecule has 0 saturated heterocycles. The summed E-state index contributed by atoms with van der Waals surface area (Å²) in [4.78, 5) is 12.4. The molecular formula is C17H16FN3O. The van der Waals surface area contributed by atoms with E-state index >= 15 is 0 Å². The Bertz CT molecular complexity index is 847. The van der Waals surface area contributed by atoms with Crippen LogP contribution in [0.3, 0.4) is 0 Å². The van der Waals surface area contributed by atoms with Gasteiger partial charge >= 0.3 is 5.69 Å². The van der Waals surface area contributed by atoms with Gasteiger partial charge in [0.1, 0.15) is 12.1 Å². The van der Waals surface area contributed by atoms with Gasteiger partial charge in [-0.15, -0.1) is 0 Å². The Morgan fingerprint density at radius 3 is 2.36 bits per heavy atom. The van der Waals surface area contributed by atoms with Crippen LogP contribution in [0, 0.1) is 5.82 Å². The normalized spacial score (nSPS) is 11.1. The molecule has 1 heterocycles. The molecule has 2 aromatic carbocycles. The van der Waals surface area contributed by atoms with Gasteiger partial charge in [-0.2, -0.15) is 9.78 Å². The third-order valence-electron chi connectivity index (χ3n) is 3.59. The first-order valence-electron chi connectivity index (χ1n) is 7.10. The van der Waals surface area contributed by atoms with Crippen LogP contribution in [0.2, 0.25) is 0 Å². The van der Waals surface area contributed by atoms with Crippen molar-refractivity contribution in [2.45, 2.75) is 19.8 Å². The molecular weight excluding hydrogens is 281 g/mol. The average Bonchev–Trinajstić information content (AvgIpc) is 2.89. The van der Waals surface area contributed by atoms with E-state index in [9.17, 15) is 9.18 Å². The number of para-hydroxylation sites is 1. The largest absolute Gasteiger partial charge is 0.355 e. The van der Waals surface area contributed by atoms with E-state index in [1.807, 2.05) is 24.3 Å². The first-order chi connectivity index (χ1) is 10.6. The number of halogens is 1. The number of aromatic nitrogens is 3. The lowest BCUT2D eigenvalue weighted by molar-refractivity contribution is 0.615. The zero-order valence-corrected chi connectivity index (χ0v) is 12.4. The van der Waals surface area contributed by atoms with Crippen LogP contribution in [0.15, 0.2) is 59.7 Å². The van der Waals surface area contributed by atoms with E-state index in [1.54, 1.807) is 18.2 Å². The van der Waals surface area contributed by atoms with E-state index < -0.39 is 11.5 Å². The first kappa shape index (κ1) is 14.3. The minimum atomic E-state index is -0.459. The topological polar surface area (TPSA) is 39.8 Å². The Morgan fingerprint density at radius 1 is 1.05 bits per heavy atom. The molecule has 0 N–H and O–H groups in total. The zero-order chi connectivity index (χ0) is 15.7. The van der Waals surface area contributed by atoms with Crippen LogP contribution in [0.25, 0.3) is 11.4 Å². The standard InChI is InChI=1S/C17H16FN3O/c1-12(2)13-7-9-14(10-8-13)21-17(22)20(11-19-21)16-6-4-3-5-15(16)18/h3-12H,1-2H3. The molecule has 22 heavy (non-hydrogen) atoms. The quantitative estimate of drug-likeness (QED) is 0.744. The maximum atomic E-state index is 13.8. The number of benzene rings is 2. The maximum absolute atomic E-state index is 13.8. The molecule has 0 atom stereocenters. The summed E-state index contributed by atoms with van der Waals surface area (Å²) in [6.45, 7) is 4.21. The van der Waals surface area contributed by atoms with Gasteiger partial charge < -0.3 is 0 Å². The van der Waals surface area contributed by atoms with E-state index in [2.05, 4.69) is 18.9 Å². The Hall–Kier alpha value is -2.69. The molecule has 0 spiro atoms. The molecule has 0 aliphatic rings. The first-order valence-corrected chi connectivity index (χ1v) is 7.10. The third kappa shape index (κ3) is 2.45. The summed E-state index contributed by atoms with van der Waals surface area (Å²) in [5, 5.41) is 4.08. The lowest BCUT2D eigenvalue weighted by Gasteiger charge is -2.06. The third-order valence-corrected chi connectivity index (χ3v) is 3.59. The summed E-state index contributed by atoms with van der Waals surface area (Å²) in [5.74, 6) is -0.0407. The highest BCUT2D eigenvalue weighted by molar-refractivity contribution is 5.36. The van der Waals surface area contributed by atoms with E-state index in [1.165, 1.54) is 27.2 Å². The molecule has 3 rings (SSSR count). The summed E-state index contributed by atoms with van der Waals surface area (Å²) in [6, 6.07) is 13.7. The predicted molar refractivity (Wildman–Crippen MR) is 83.2 cm³/mol. The monoisotopic (exact) mass is 297 g/mol. The molecule has 5 heteroatoms. The van der Waals surface area contributed by atoms with Crippen molar-refractivity contribution < 1.29 is 4.39 Å². The Morgan fingerprint density at radius 2 is 1.73 bits per heavy atom. The SMILES string of the molecule is CC(C)c1ccc(-n2ncn(-c3ccccc3F)c2=O)cc1. The molecule has 0 aliphatic carbocycles. The molecule has 112 valence electrons. The fourth-order valence-corrected chi connectivity index (χ4v) is 2.29. The van der Waals surface area contributed by atoms with Crippen LogP contribution < -0.4 is 5.69 Å². The van der Waals surface area contributed by atoms with Crippen molar-refractivity contribution >= 4 is 0 Å². The zero-order valence-electron chi connectivity index (χ0n) is 12.4. The van der Waals surface area contributed by atoms with Crippen molar-refractivity contribution in [2.75, 3.05) is 0 Å². The molecule has 1 aromatic heterocycles. The van der Waals surface area contributed by atoms with Crippen molar-refractivity contribution in [1.29, 1.82) is 0 Å². The number of hydrogen-bond donors (Lipinski definition) is 0. The van der Waals surface area contributed by atoms with Crippen molar-refractivity contribution in [3.63, 3.8) is 0 Å². The van der Waals surface area contributed by atoms with Gasteiger partial charge in [-0.1, -0.05) is 38.1 Å². The Labute approximate surface area is 127 Å². The van der Waals surface area contributed by atoms with Gasteiger partial charge in [0.15, 0.2) is 0 Å². The highest BCUT2D eigenvalue weighted by Crippen LogP contribution is 2.16. The second-order valence-corrected chi connectivity index (χ2v) is 5.39.